The lowest BCUT2D eigenvalue weighted by atomic mass is 10.3. The number of furan rings is 1. The van der Waals surface area contributed by atoms with Crippen molar-refractivity contribution in [1.82, 2.24) is 4.90 Å². The van der Waals surface area contributed by atoms with Crippen LogP contribution in [0, 0.1) is 0 Å². The lowest BCUT2D eigenvalue weighted by molar-refractivity contribution is -0.134. The van der Waals surface area contributed by atoms with E-state index in [1.54, 1.807) is 28.8 Å². The van der Waals surface area contributed by atoms with Gasteiger partial charge in [-0.05, 0) is 29.6 Å². The van der Waals surface area contributed by atoms with Crippen molar-refractivity contribution in [3.63, 3.8) is 0 Å². The highest BCUT2D eigenvalue weighted by Gasteiger charge is 2.16. The van der Waals surface area contributed by atoms with Gasteiger partial charge < -0.3 is 14.1 Å². The number of ether oxygens (including phenoxy) is 1. The summed E-state index contributed by atoms with van der Waals surface area (Å²) in [4.78, 5) is 15.5. The standard InChI is InChI=1S/C18H17NO3S/c20-18(14-22-16-5-2-1-3-6-16)19(11-15-8-9-21-13-15)12-17-7-4-10-23-17/h1-10,13H,11-12,14H2. The Morgan fingerprint density at radius 2 is 1.96 bits per heavy atom. The Balaban J connectivity index is 1.65. The molecule has 2 aromatic heterocycles. The summed E-state index contributed by atoms with van der Waals surface area (Å²) in [6.07, 6.45) is 3.27. The Kier molecular flexibility index (Phi) is 5.11. The molecule has 4 nitrogen and oxygen atoms in total. The first kappa shape index (κ1) is 15.4. The largest absolute Gasteiger partial charge is 0.484 e. The summed E-state index contributed by atoms with van der Waals surface area (Å²) >= 11 is 1.64. The van der Waals surface area contributed by atoms with E-state index >= 15 is 0 Å². The Hall–Kier alpha value is -2.53. The highest BCUT2D eigenvalue weighted by molar-refractivity contribution is 7.09. The first-order valence-corrected chi connectivity index (χ1v) is 8.18. The normalized spacial score (nSPS) is 10.4. The molecule has 3 aromatic rings. The zero-order chi connectivity index (χ0) is 15.9. The van der Waals surface area contributed by atoms with Gasteiger partial charge >= 0.3 is 0 Å². The molecule has 2 heterocycles. The number of hydrogen-bond acceptors (Lipinski definition) is 4. The average Bonchev–Trinajstić information content (AvgIpc) is 3.27. The number of amides is 1. The van der Waals surface area contributed by atoms with Crippen LogP contribution in [0.4, 0.5) is 0 Å². The third-order valence-electron chi connectivity index (χ3n) is 3.34. The fraction of sp³-hybridized carbons (Fsp3) is 0.167. The molecule has 0 aliphatic carbocycles. The van der Waals surface area contributed by atoms with Crippen LogP contribution in [-0.2, 0) is 17.9 Å². The van der Waals surface area contributed by atoms with Gasteiger partial charge in [-0.25, -0.2) is 0 Å². The summed E-state index contributed by atoms with van der Waals surface area (Å²) in [5.41, 5.74) is 0.967. The Bertz CT molecular complexity index is 672. The number of rotatable bonds is 7. The van der Waals surface area contributed by atoms with Gasteiger partial charge in [-0.1, -0.05) is 24.3 Å². The molecule has 0 saturated carbocycles. The van der Waals surface area contributed by atoms with E-state index in [9.17, 15) is 4.79 Å². The third kappa shape index (κ3) is 4.47. The van der Waals surface area contributed by atoms with Gasteiger partial charge in [0.05, 0.1) is 19.1 Å². The first-order chi connectivity index (χ1) is 11.3. The molecule has 0 bridgehead atoms. The number of nitrogens with zero attached hydrogens (tertiary/aromatic N) is 1. The number of thiophene rings is 1. The van der Waals surface area contributed by atoms with Crippen LogP contribution < -0.4 is 4.74 Å². The van der Waals surface area contributed by atoms with Gasteiger partial charge in [0, 0.05) is 17.0 Å². The Morgan fingerprint density at radius 1 is 1.09 bits per heavy atom. The van der Waals surface area contributed by atoms with Crippen molar-refractivity contribution < 1.29 is 13.9 Å². The number of hydrogen-bond donors (Lipinski definition) is 0. The van der Waals surface area contributed by atoms with E-state index in [4.69, 9.17) is 9.15 Å². The average molecular weight is 327 g/mol. The van der Waals surface area contributed by atoms with E-state index in [1.807, 2.05) is 53.9 Å². The van der Waals surface area contributed by atoms with E-state index in [0.29, 0.717) is 18.8 Å². The molecule has 0 aliphatic heterocycles. The van der Waals surface area contributed by atoms with Crippen molar-refractivity contribution in [2.45, 2.75) is 13.1 Å². The molecule has 0 saturated heterocycles. The second-order valence-corrected chi connectivity index (χ2v) is 6.09. The summed E-state index contributed by atoms with van der Waals surface area (Å²) < 4.78 is 10.7. The lowest BCUT2D eigenvalue weighted by Gasteiger charge is -2.21. The maximum atomic E-state index is 12.5. The Labute approximate surface area is 138 Å². The van der Waals surface area contributed by atoms with Gasteiger partial charge in [-0.3, -0.25) is 4.79 Å². The predicted molar refractivity (Wildman–Crippen MR) is 89.2 cm³/mol. The van der Waals surface area contributed by atoms with E-state index in [0.717, 1.165) is 10.4 Å². The van der Waals surface area contributed by atoms with Crippen molar-refractivity contribution in [3.8, 4) is 5.75 Å². The van der Waals surface area contributed by atoms with Crippen molar-refractivity contribution in [2.24, 2.45) is 0 Å². The maximum absolute atomic E-state index is 12.5. The van der Waals surface area contributed by atoms with Crippen LogP contribution in [-0.4, -0.2) is 17.4 Å². The second kappa shape index (κ2) is 7.65. The zero-order valence-corrected chi connectivity index (χ0v) is 13.4. The summed E-state index contributed by atoms with van der Waals surface area (Å²) in [6, 6.07) is 15.2. The minimum Gasteiger partial charge on any atom is -0.484 e. The molecule has 3 rings (SSSR count). The van der Waals surface area contributed by atoms with E-state index in [2.05, 4.69) is 0 Å². The van der Waals surface area contributed by atoms with Gasteiger partial charge in [-0.2, -0.15) is 0 Å². The van der Waals surface area contributed by atoms with Gasteiger partial charge in [0.2, 0.25) is 0 Å². The fourth-order valence-electron chi connectivity index (χ4n) is 2.18. The molecule has 118 valence electrons. The number of carbonyl (C=O) groups excluding carboxylic acids is 1. The van der Waals surface area contributed by atoms with Crippen LogP contribution in [0.2, 0.25) is 0 Å². The van der Waals surface area contributed by atoms with Crippen LogP contribution in [0.5, 0.6) is 5.75 Å². The molecule has 0 spiro atoms. The summed E-state index contributed by atoms with van der Waals surface area (Å²) in [5, 5.41) is 2.01. The van der Waals surface area contributed by atoms with E-state index < -0.39 is 0 Å². The molecule has 0 aliphatic rings. The molecule has 0 unspecified atom stereocenters. The summed E-state index contributed by atoms with van der Waals surface area (Å²) in [6.45, 7) is 1.10. The Morgan fingerprint density at radius 3 is 2.65 bits per heavy atom. The van der Waals surface area contributed by atoms with Crippen LogP contribution in [0.15, 0.2) is 70.9 Å². The molecular weight excluding hydrogens is 310 g/mol. The predicted octanol–water partition coefficient (Wildman–Crippen LogP) is 3.95. The molecular formula is C18H17NO3S. The topological polar surface area (TPSA) is 42.7 Å². The first-order valence-electron chi connectivity index (χ1n) is 7.30. The minimum atomic E-state index is -0.0524. The highest BCUT2D eigenvalue weighted by Crippen LogP contribution is 2.16. The van der Waals surface area contributed by atoms with Gasteiger partial charge in [0.15, 0.2) is 6.61 Å². The molecule has 1 aromatic carbocycles. The fourth-order valence-corrected chi connectivity index (χ4v) is 2.90. The quantitative estimate of drug-likeness (QED) is 0.660. The second-order valence-electron chi connectivity index (χ2n) is 5.06. The van der Waals surface area contributed by atoms with Crippen molar-refractivity contribution in [1.29, 1.82) is 0 Å². The van der Waals surface area contributed by atoms with Gasteiger partial charge in [0.25, 0.3) is 5.91 Å². The van der Waals surface area contributed by atoms with Gasteiger partial charge in [-0.15, -0.1) is 11.3 Å². The van der Waals surface area contributed by atoms with Crippen LogP contribution in [0.3, 0.4) is 0 Å². The number of para-hydroxylation sites is 1. The van der Waals surface area contributed by atoms with E-state index in [1.165, 1.54) is 0 Å². The monoisotopic (exact) mass is 327 g/mol. The van der Waals surface area contributed by atoms with Crippen LogP contribution in [0.25, 0.3) is 0 Å². The third-order valence-corrected chi connectivity index (χ3v) is 4.20. The van der Waals surface area contributed by atoms with Gasteiger partial charge in [0.1, 0.15) is 5.75 Å². The van der Waals surface area contributed by atoms with Crippen molar-refractivity contribution in [2.75, 3.05) is 6.61 Å². The van der Waals surface area contributed by atoms with Crippen molar-refractivity contribution in [3.05, 3.63) is 76.9 Å². The summed E-state index contributed by atoms with van der Waals surface area (Å²) in [7, 11) is 0. The minimum absolute atomic E-state index is 0.0211. The molecule has 0 radical (unpaired) electrons. The molecule has 5 heteroatoms. The lowest BCUT2D eigenvalue weighted by Crippen LogP contribution is -2.33. The van der Waals surface area contributed by atoms with Crippen molar-refractivity contribution >= 4 is 17.2 Å². The number of benzene rings is 1. The molecule has 23 heavy (non-hydrogen) atoms. The highest BCUT2D eigenvalue weighted by atomic mass is 32.1. The molecule has 0 atom stereocenters. The zero-order valence-electron chi connectivity index (χ0n) is 12.6. The van der Waals surface area contributed by atoms with Crippen LogP contribution >= 0.6 is 11.3 Å². The summed E-state index contributed by atoms with van der Waals surface area (Å²) in [5.74, 6) is 0.642. The smallest absolute Gasteiger partial charge is 0.261 e. The maximum Gasteiger partial charge on any atom is 0.261 e. The molecule has 0 N–H and O–H groups in total. The molecule has 0 fully saturated rings. The number of carbonyl (C=O) groups is 1. The van der Waals surface area contributed by atoms with E-state index in [-0.39, 0.29) is 12.5 Å². The van der Waals surface area contributed by atoms with Crippen LogP contribution in [0.1, 0.15) is 10.4 Å². The molecule has 1 amide bonds. The SMILES string of the molecule is O=C(COc1ccccc1)N(Cc1ccoc1)Cc1cccs1.